The normalized spacial score (nSPS) is 15.8. The van der Waals surface area contributed by atoms with Crippen molar-refractivity contribution in [2.24, 2.45) is 0 Å². The number of rotatable bonds is 49. The largest absolute Gasteiger partial charge is 0.756 e. The zero-order valence-corrected chi connectivity index (χ0v) is 57.4. The molecule has 0 radical (unpaired) electrons. The molecule has 4 heterocycles. The van der Waals surface area contributed by atoms with E-state index in [0.717, 1.165) is 55.0 Å². The van der Waals surface area contributed by atoms with E-state index in [9.17, 15) is 38.2 Å². The Morgan fingerprint density at radius 2 is 1.32 bits per heavy atom. The van der Waals surface area contributed by atoms with Crippen LogP contribution in [0.3, 0.4) is 0 Å². The number of para-hydroxylation sites is 1. The minimum Gasteiger partial charge on any atom is -0.756 e. The van der Waals surface area contributed by atoms with Crippen LogP contribution in [0.15, 0.2) is 53.3 Å². The molecule has 1 aromatic carbocycles. The molecule has 0 saturated carbocycles. The molecule has 2 aromatic heterocycles. The van der Waals surface area contributed by atoms with Crippen LogP contribution in [0.4, 0.5) is 4.79 Å². The van der Waals surface area contributed by atoms with Gasteiger partial charge in [-0.05, 0) is 50.0 Å². The highest BCUT2D eigenvalue weighted by Crippen LogP contribution is 2.42. The number of phosphoric ester groups is 1. The Kier molecular flexibility index (Phi) is 35.2. The molecule has 5 rings (SSSR count). The molecule has 3 aromatic rings. The van der Waals surface area contributed by atoms with Gasteiger partial charge in [0.05, 0.1) is 75.6 Å². The number of likely N-dealkylation sites (N-methyl/N-ethyl adjacent to an activating group) is 1. The van der Waals surface area contributed by atoms with Gasteiger partial charge in [0, 0.05) is 34.4 Å². The van der Waals surface area contributed by atoms with E-state index in [0.29, 0.717) is 53.3 Å². The standard InChI is InChI=1S/C68H105N4O15PS2/c1-7-10-12-14-16-18-20-22-24-26-28-30-32-38-60(58(52-85-88(79,80)84-43-42-72(4,5)6)69-61(73)39-33-31-29-27-25-23-21-19-17-15-13-11-8-2)86-63(75)41-40-62(74)81-44-46-89-90-47-45-82-67(78)87-68(9-3)56-49-59-64-54(48-53-36-34-35-37-57(53)70-64)50-71(59)65(76)55(56)51-83-66(68)77/h32,34-38,48-49,58,60H,7-31,33,39-47,50-52H2,1-6H3,(H-,69,73,79,80)/b38-32+/t58-,60+,68-/m0/s1. The lowest BCUT2D eigenvalue weighted by atomic mass is 9.85. The van der Waals surface area contributed by atoms with Gasteiger partial charge in [0.15, 0.2) is 0 Å². The lowest BCUT2D eigenvalue weighted by Crippen LogP contribution is -2.47. The van der Waals surface area contributed by atoms with Crippen LogP contribution < -0.4 is 15.8 Å². The molecular weight excluding hydrogens is 1210 g/mol. The third-order valence-electron chi connectivity index (χ3n) is 16.3. The fraction of sp³-hybridized carbons (Fsp3) is 0.691. The number of nitrogens with one attached hydrogen (secondary N) is 1. The van der Waals surface area contributed by atoms with Crippen LogP contribution in [-0.2, 0) is 75.2 Å². The Bertz CT molecular complexity index is 2830. The van der Waals surface area contributed by atoms with Gasteiger partial charge >= 0.3 is 24.1 Å². The van der Waals surface area contributed by atoms with Crippen molar-refractivity contribution in [2.75, 3.05) is 65.6 Å². The second-order valence-corrected chi connectivity index (χ2v) is 28.9. The number of nitrogens with zero attached hydrogens (tertiary/aromatic N) is 3. The first-order valence-electron chi connectivity index (χ1n) is 33.6. The summed E-state index contributed by atoms with van der Waals surface area (Å²) < 4.78 is 53.7. The number of ether oxygens (including phenoxy) is 5. The molecule has 90 heavy (non-hydrogen) atoms. The maximum Gasteiger partial charge on any atom is 0.509 e. The Hall–Kier alpha value is -4.76. The highest BCUT2D eigenvalue weighted by molar-refractivity contribution is 8.76. The van der Waals surface area contributed by atoms with Crippen molar-refractivity contribution in [1.82, 2.24) is 14.9 Å². The summed E-state index contributed by atoms with van der Waals surface area (Å²) in [4.78, 5) is 98.5. The Balaban J connectivity index is 1.09. The van der Waals surface area contributed by atoms with Crippen LogP contribution in [0.25, 0.3) is 22.3 Å². The first-order valence-corrected chi connectivity index (χ1v) is 37.5. The molecule has 1 amide bonds. The van der Waals surface area contributed by atoms with Gasteiger partial charge in [-0.25, -0.2) is 14.6 Å². The molecule has 1 unspecified atom stereocenters. The summed E-state index contributed by atoms with van der Waals surface area (Å²) in [7, 11) is 3.59. The summed E-state index contributed by atoms with van der Waals surface area (Å²) in [6, 6.07) is 10.3. The van der Waals surface area contributed by atoms with Crippen LogP contribution >= 0.6 is 29.4 Å². The monoisotopic (exact) mass is 1310 g/mol. The number of esters is 3. The van der Waals surface area contributed by atoms with Crippen LogP contribution in [0, 0.1) is 0 Å². The van der Waals surface area contributed by atoms with E-state index in [1.165, 1.54) is 131 Å². The summed E-state index contributed by atoms with van der Waals surface area (Å²) in [5, 5.41) is 3.85. The van der Waals surface area contributed by atoms with Crippen molar-refractivity contribution in [3.63, 3.8) is 0 Å². The first kappa shape index (κ1) is 76.0. The maximum absolute atomic E-state index is 13.9. The van der Waals surface area contributed by atoms with E-state index in [1.807, 2.05) is 57.6 Å². The first-order chi connectivity index (χ1) is 43.4. The molecule has 0 fully saturated rings. The number of hydrogen-bond donors (Lipinski definition) is 1. The number of allylic oxidation sites excluding steroid dienone is 1. The summed E-state index contributed by atoms with van der Waals surface area (Å²) in [6.45, 7) is 5.83. The van der Waals surface area contributed by atoms with Gasteiger partial charge in [0.1, 0.15) is 39.1 Å². The minimum atomic E-state index is -4.84. The third-order valence-corrected chi connectivity index (χ3v) is 19.6. The predicted octanol–water partition coefficient (Wildman–Crippen LogP) is 14.3. The number of carbonyl (C=O) groups excluding carboxylic acids is 5. The summed E-state index contributed by atoms with van der Waals surface area (Å²) in [5.41, 5.74) is 0.928. The van der Waals surface area contributed by atoms with Gasteiger partial charge in [-0.1, -0.05) is 208 Å². The fourth-order valence-electron chi connectivity index (χ4n) is 11.1. The van der Waals surface area contributed by atoms with Crippen molar-refractivity contribution < 1.29 is 70.6 Å². The van der Waals surface area contributed by atoms with Crippen molar-refractivity contribution in [2.45, 2.75) is 238 Å². The highest BCUT2D eigenvalue weighted by atomic mass is 33.1. The molecule has 4 atom stereocenters. The number of fused-ring (bicyclic) bond motifs is 5. The van der Waals surface area contributed by atoms with Gasteiger partial charge in [0.2, 0.25) is 11.5 Å². The van der Waals surface area contributed by atoms with Gasteiger partial charge in [-0.2, -0.15) is 0 Å². The predicted molar refractivity (Wildman–Crippen MR) is 355 cm³/mol. The lowest BCUT2D eigenvalue weighted by molar-refractivity contribution is -0.870. The zero-order chi connectivity index (χ0) is 65.0. The van der Waals surface area contributed by atoms with Crippen molar-refractivity contribution in [3.05, 3.63) is 75.6 Å². The molecule has 0 bridgehead atoms. The third kappa shape index (κ3) is 27.4. The quantitative estimate of drug-likeness (QED) is 0.00822. The molecule has 1 N–H and O–H groups in total. The van der Waals surface area contributed by atoms with Crippen molar-refractivity contribution in [3.8, 4) is 11.4 Å². The van der Waals surface area contributed by atoms with Gasteiger partial charge in [0.25, 0.3) is 13.4 Å². The number of hydrogen-bond acceptors (Lipinski definition) is 18. The molecule has 0 aliphatic carbocycles. The second kappa shape index (κ2) is 41.7. The maximum atomic E-state index is 13.9. The van der Waals surface area contributed by atoms with Crippen LogP contribution in [0.5, 0.6) is 0 Å². The van der Waals surface area contributed by atoms with Gasteiger partial charge in [-0.15, -0.1) is 0 Å². The molecule has 22 heteroatoms. The molecule has 19 nitrogen and oxygen atoms in total. The summed E-state index contributed by atoms with van der Waals surface area (Å²) in [6.07, 6.45) is 29.7. The average Bonchev–Trinajstić information content (AvgIpc) is 1.36. The van der Waals surface area contributed by atoms with E-state index < -0.39 is 56.2 Å². The number of unbranched alkanes of at least 4 members (excludes halogenated alkanes) is 23. The summed E-state index contributed by atoms with van der Waals surface area (Å²) >= 11 is 0. The fourth-order valence-corrected chi connectivity index (χ4v) is 13.4. The van der Waals surface area contributed by atoms with Crippen molar-refractivity contribution >= 4 is 70.3 Å². The number of amides is 1. The molecule has 2 aliphatic heterocycles. The van der Waals surface area contributed by atoms with Gasteiger partial charge < -0.3 is 52.0 Å². The van der Waals surface area contributed by atoms with Crippen LogP contribution in [0.1, 0.15) is 224 Å². The average molecular weight is 1310 g/mol. The van der Waals surface area contributed by atoms with Crippen LogP contribution in [0.2, 0.25) is 0 Å². The molecule has 504 valence electrons. The molecule has 0 saturated heterocycles. The minimum absolute atomic E-state index is 0.0194. The van der Waals surface area contributed by atoms with E-state index in [2.05, 4.69) is 19.2 Å². The highest BCUT2D eigenvalue weighted by Gasteiger charge is 2.51. The van der Waals surface area contributed by atoms with E-state index in [-0.39, 0.29) is 74.7 Å². The number of cyclic esters (lactones) is 1. The SMILES string of the molecule is CCCCCCCCCCCCC/C=C/[C@@H](OC(=O)CCC(=O)OCCSSCCOC(=O)O[C@]1(CC)C(=O)OCc2c1cc1n(c2=O)Cc2cc3ccccc3nc2-1)[C@H](COP(=O)([O-])OCC[N+](C)(C)C)NC(=O)CCCCCCCCCCCCCCC. The number of phosphoric acid groups is 1. The Morgan fingerprint density at radius 1 is 0.744 bits per heavy atom. The summed E-state index contributed by atoms with van der Waals surface area (Å²) in [5.74, 6) is -1.82. The Morgan fingerprint density at radius 3 is 1.93 bits per heavy atom. The number of aromatic nitrogens is 2. The van der Waals surface area contributed by atoms with E-state index >= 15 is 0 Å². The number of quaternary nitrogens is 1. The van der Waals surface area contributed by atoms with E-state index in [1.54, 1.807) is 23.6 Å². The number of carbonyl (C=O) groups is 5. The molecule has 2 aliphatic rings. The topological polar surface area (TPSA) is 237 Å². The number of pyridine rings is 2. The van der Waals surface area contributed by atoms with Gasteiger partial charge in [-0.3, -0.25) is 23.7 Å². The molecular formula is C68H105N4O15PS2. The van der Waals surface area contributed by atoms with Crippen molar-refractivity contribution in [1.29, 1.82) is 0 Å². The van der Waals surface area contributed by atoms with Crippen LogP contribution in [-0.4, -0.2) is 122 Å². The zero-order valence-electron chi connectivity index (χ0n) is 54.9. The smallest absolute Gasteiger partial charge is 0.509 e. The lowest BCUT2D eigenvalue weighted by Gasteiger charge is -2.35. The Labute approximate surface area is 543 Å². The second-order valence-electron chi connectivity index (χ2n) is 24.8. The molecule has 0 spiro atoms. The van der Waals surface area contributed by atoms with E-state index in [4.69, 9.17) is 37.7 Å². The number of benzene rings is 1.